The number of nitrogen functional groups attached to an aromatic ring is 1. The van der Waals surface area contributed by atoms with Crippen molar-refractivity contribution in [2.24, 2.45) is 11.7 Å². The summed E-state index contributed by atoms with van der Waals surface area (Å²) in [6, 6.07) is 18.5. The van der Waals surface area contributed by atoms with Gasteiger partial charge in [0.25, 0.3) is 0 Å². The zero-order chi connectivity index (χ0) is 24.2. The monoisotopic (exact) mass is 457 g/mol. The molecule has 9 nitrogen and oxygen atoms in total. The number of carbonyl (C=O) groups is 2. The summed E-state index contributed by atoms with van der Waals surface area (Å²) in [5, 5.41) is 17.1. The Balaban J connectivity index is 1.69. The molecule has 0 aliphatic carbocycles. The van der Waals surface area contributed by atoms with Gasteiger partial charge in [-0.15, -0.1) is 10.2 Å². The molecule has 0 radical (unpaired) electrons. The standard InChI is InChI=1S/C25H23N5O4/c1-33-24(31)19(25(32)34-2)13-17-14-30(21-6-4-3-5-18(17)21)22-12-11-20(28-29-22)15-7-9-16(10-8-15)23(26)27/h3-12,14,19H,13H2,1-2H3,(H3,26,27). The summed E-state index contributed by atoms with van der Waals surface area (Å²) in [4.78, 5) is 24.4. The van der Waals surface area contributed by atoms with Crippen LogP contribution in [-0.4, -0.2) is 46.8 Å². The molecule has 0 aliphatic rings. The van der Waals surface area contributed by atoms with Gasteiger partial charge >= 0.3 is 11.9 Å². The van der Waals surface area contributed by atoms with Crippen molar-refractivity contribution < 1.29 is 19.1 Å². The van der Waals surface area contributed by atoms with Gasteiger partial charge in [-0.2, -0.15) is 0 Å². The van der Waals surface area contributed by atoms with E-state index in [1.165, 1.54) is 14.2 Å². The van der Waals surface area contributed by atoms with Crippen molar-refractivity contribution in [3.8, 4) is 17.1 Å². The summed E-state index contributed by atoms with van der Waals surface area (Å²) in [7, 11) is 2.48. The van der Waals surface area contributed by atoms with Gasteiger partial charge < -0.3 is 15.2 Å². The summed E-state index contributed by atoms with van der Waals surface area (Å²) in [5.41, 5.74) is 9.31. The van der Waals surface area contributed by atoms with E-state index in [0.29, 0.717) is 17.1 Å². The number of fused-ring (bicyclic) bond motifs is 1. The number of nitrogens with two attached hydrogens (primary N) is 1. The minimum Gasteiger partial charge on any atom is -0.468 e. The molecule has 3 N–H and O–H groups in total. The molecule has 0 fully saturated rings. The van der Waals surface area contributed by atoms with Crippen LogP contribution in [0.4, 0.5) is 0 Å². The molecule has 34 heavy (non-hydrogen) atoms. The molecular weight excluding hydrogens is 434 g/mol. The molecule has 4 aromatic rings. The van der Waals surface area contributed by atoms with Gasteiger partial charge in [0.05, 0.1) is 25.4 Å². The van der Waals surface area contributed by atoms with E-state index < -0.39 is 17.9 Å². The van der Waals surface area contributed by atoms with E-state index in [4.69, 9.17) is 20.6 Å². The van der Waals surface area contributed by atoms with Gasteiger partial charge in [-0.1, -0.05) is 42.5 Å². The third-order valence-corrected chi connectivity index (χ3v) is 5.58. The maximum Gasteiger partial charge on any atom is 0.320 e. The number of nitrogens with zero attached hydrogens (tertiary/aromatic N) is 3. The average molecular weight is 457 g/mol. The second-order valence-electron chi connectivity index (χ2n) is 7.61. The summed E-state index contributed by atoms with van der Waals surface area (Å²) < 4.78 is 11.5. The summed E-state index contributed by atoms with van der Waals surface area (Å²) in [6.45, 7) is 0. The number of rotatable bonds is 7. The molecule has 9 heteroatoms. The van der Waals surface area contributed by atoms with Gasteiger partial charge in [0.1, 0.15) is 5.84 Å². The SMILES string of the molecule is COC(=O)C(Cc1cn(-c2ccc(-c3ccc(C(=N)N)cc3)nn2)c2ccccc12)C(=O)OC. The number of aromatic nitrogens is 3. The highest BCUT2D eigenvalue weighted by Gasteiger charge is 2.30. The Hall–Kier alpha value is -4.53. The normalized spacial score (nSPS) is 10.9. The average Bonchev–Trinajstić information content (AvgIpc) is 3.25. The molecule has 2 heterocycles. The van der Waals surface area contributed by atoms with Crippen molar-refractivity contribution in [2.75, 3.05) is 14.2 Å². The maximum atomic E-state index is 12.2. The Morgan fingerprint density at radius 1 is 0.971 bits per heavy atom. The minimum absolute atomic E-state index is 0.00455. The van der Waals surface area contributed by atoms with E-state index in [1.54, 1.807) is 12.1 Å². The summed E-state index contributed by atoms with van der Waals surface area (Å²) >= 11 is 0. The third-order valence-electron chi connectivity index (χ3n) is 5.58. The molecule has 172 valence electrons. The lowest BCUT2D eigenvalue weighted by molar-refractivity contribution is -0.158. The first kappa shape index (κ1) is 22.7. The molecule has 0 spiro atoms. The molecule has 0 atom stereocenters. The lowest BCUT2D eigenvalue weighted by atomic mass is 9.99. The number of carbonyl (C=O) groups excluding carboxylic acids is 2. The highest BCUT2D eigenvalue weighted by atomic mass is 16.5. The van der Waals surface area contributed by atoms with Gasteiger partial charge in [-0.05, 0) is 30.2 Å². The molecule has 2 aromatic heterocycles. The highest BCUT2D eigenvalue weighted by molar-refractivity contribution is 5.96. The van der Waals surface area contributed by atoms with Crippen LogP contribution in [0.2, 0.25) is 0 Å². The van der Waals surface area contributed by atoms with E-state index in [2.05, 4.69) is 10.2 Å². The summed E-state index contributed by atoms with van der Waals surface area (Å²) in [5.74, 6) is -1.78. The fourth-order valence-corrected chi connectivity index (χ4v) is 3.80. The quantitative estimate of drug-likeness (QED) is 0.189. The molecule has 4 rings (SSSR count). The number of ether oxygens (including phenoxy) is 2. The van der Waals surface area contributed by atoms with Crippen molar-refractivity contribution in [3.63, 3.8) is 0 Å². The zero-order valence-corrected chi connectivity index (χ0v) is 18.7. The third kappa shape index (κ3) is 4.36. The van der Waals surface area contributed by atoms with Crippen molar-refractivity contribution in [3.05, 3.63) is 78.0 Å². The van der Waals surface area contributed by atoms with Crippen LogP contribution >= 0.6 is 0 Å². The minimum atomic E-state index is -1.07. The second kappa shape index (κ2) is 9.53. The van der Waals surface area contributed by atoms with E-state index in [1.807, 2.05) is 59.3 Å². The second-order valence-corrected chi connectivity index (χ2v) is 7.61. The Morgan fingerprint density at radius 2 is 1.65 bits per heavy atom. The number of amidine groups is 1. The largest absolute Gasteiger partial charge is 0.468 e. The van der Waals surface area contributed by atoms with Crippen LogP contribution in [0.1, 0.15) is 11.1 Å². The first-order chi connectivity index (χ1) is 16.4. The Bertz CT molecular complexity index is 1340. The first-order valence-electron chi connectivity index (χ1n) is 10.5. The lowest BCUT2D eigenvalue weighted by Gasteiger charge is -2.11. The van der Waals surface area contributed by atoms with Crippen LogP contribution in [0.3, 0.4) is 0 Å². The van der Waals surface area contributed by atoms with Crippen molar-refractivity contribution in [1.82, 2.24) is 14.8 Å². The van der Waals surface area contributed by atoms with Gasteiger partial charge in [0.15, 0.2) is 11.7 Å². The highest BCUT2D eigenvalue weighted by Crippen LogP contribution is 2.27. The number of para-hydroxylation sites is 1. The number of hydrogen-bond acceptors (Lipinski definition) is 7. The molecule has 2 aromatic carbocycles. The molecule has 0 bridgehead atoms. The van der Waals surface area contributed by atoms with Gasteiger partial charge in [-0.3, -0.25) is 19.6 Å². The smallest absolute Gasteiger partial charge is 0.320 e. The Morgan fingerprint density at radius 3 is 2.24 bits per heavy atom. The number of hydrogen-bond donors (Lipinski definition) is 2. The van der Waals surface area contributed by atoms with Gasteiger partial charge in [0.2, 0.25) is 0 Å². The van der Waals surface area contributed by atoms with E-state index >= 15 is 0 Å². The maximum absolute atomic E-state index is 12.2. The predicted octanol–water partition coefficient (Wildman–Crippen LogP) is 2.88. The molecule has 0 saturated heterocycles. The first-order valence-corrected chi connectivity index (χ1v) is 10.5. The lowest BCUT2D eigenvalue weighted by Crippen LogP contribution is -2.28. The number of esters is 2. The van der Waals surface area contributed by atoms with Crippen LogP contribution in [0.15, 0.2) is 66.9 Å². The molecule has 0 saturated carbocycles. The zero-order valence-electron chi connectivity index (χ0n) is 18.7. The van der Waals surface area contributed by atoms with Crippen LogP contribution < -0.4 is 5.73 Å². The van der Waals surface area contributed by atoms with Crippen LogP contribution in [0, 0.1) is 11.3 Å². The van der Waals surface area contributed by atoms with Gasteiger partial charge in [0, 0.05) is 22.7 Å². The number of methoxy groups -OCH3 is 2. The topological polar surface area (TPSA) is 133 Å². The molecular formula is C25H23N5O4. The Kier molecular flexibility index (Phi) is 6.35. The Labute approximate surface area is 195 Å². The van der Waals surface area contributed by atoms with Crippen molar-refractivity contribution >= 4 is 28.7 Å². The van der Waals surface area contributed by atoms with E-state index in [-0.39, 0.29) is 12.3 Å². The molecule has 0 amide bonds. The predicted molar refractivity (Wildman–Crippen MR) is 127 cm³/mol. The van der Waals surface area contributed by atoms with E-state index in [0.717, 1.165) is 22.0 Å². The van der Waals surface area contributed by atoms with Gasteiger partial charge in [-0.25, -0.2) is 0 Å². The fourth-order valence-electron chi connectivity index (χ4n) is 3.80. The van der Waals surface area contributed by atoms with Crippen molar-refractivity contribution in [1.29, 1.82) is 5.41 Å². The van der Waals surface area contributed by atoms with Crippen LogP contribution in [0.25, 0.3) is 28.0 Å². The number of nitrogens with one attached hydrogen (secondary N) is 1. The van der Waals surface area contributed by atoms with Crippen LogP contribution in [-0.2, 0) is 25.5 Å². The van der Waals surface area contributed by atoms with Crippen LogP contribution in [0.5, 0.6) is 0 Å². The van der Waals surface area contributed by atoms with Crippen molar-refractivity contribution in [2.45, 2.75) is 6.42 Å². The molecule has 0 aliphatic heterocycles. The number of benzene rings is 2. The fraction of sp³-hybridized carbons (Fsp3) is 0.160. The van der Waals surface area contributed by atoms with E-state index in [9.17, 15) is 9.59 Å². The summed E-state index contributed by atoms with van der Waals surface area (Å²) in [6.07, 6.45) is 1.97. The molecule has 0 unspecified atom stereocenters.